The number of nitrogens with two attached hydrogens (primary N) is 1. The van der Waals surface area contributed by atoms with Gasteiger partial charge in [-0.05, 0) is 18.6 Å². The van der Waals surface area contributed by atoms with Gasteiger partial charge in [0.1, 0.15) is 18.1 Å². The lowest BCUT2D eigenvalue weighted by atomic mass is 10.1. The molecule has 108 valence electrons. The summed E-state index contributed by atoms with van der Waals surface area (Å²) in [6, 6.07) is 15.7. The smallest absolute Gasteiger partial charge is 0.128 e. The monoisotopic (exact) mass is 293 g/mol. The highest BCUT2D eigenvalue weighted by atomic mass is 35.5. The van der Waals surface area contributed by atoms with Gasteiger partial charge in [-0.15, -0.1) is 12.4 Å². The van der Waals surface area contributed by atoms with Gasteiger partial charge in [-0.1, -0.05) is 36.4 Å². The van der Waals surface area contributed by atoms with Crippen LogP contribution in [0.15, 0.2) is 48.5 Å². The van der Waals surface area contributed by atoms with Gasteiger partial charge in [0.25, 0.3) is 0 Å². The zero-order valence-corrected chi connectivity index (χ0v) is 12.5. The van der Waals surface area contributed by atoms with Gasteiger partial charge >= 0.3 is 0 Å². The molecule has 0 spiro atoms. The number of hydrogen-bond donors (Lipinski definition) is 1. The van der Waals surface area contributed by atoms with Gasteiger partial charge in [0.15, 0.2) is 0 Å². The normalized spacial score (nSPS) is 11.3. The predicted molar refractivity (Wildman–Crippen MR) is 83.6 cm³/mol. The van der Waals surface area contributed by atoms with Crippen LogP contribution in [0.1, 0.15) is 24.1 Å². The summed E-state index contributed by atoms with van der Waals surface area (Å²) in [4.78, 5) is 0. The molecule has 1 atom stereocenters. The molecule has 0 radical (unpaired) electrons. The molecule has 20 heavy (non-hydrogen) atoms. The minimum absolute atomic E-state index is 0. The third kappa shape index (κ3) is 4.15. The van der Waals surface area contributed by atoms with Gasteiger partial charge < -0.3 is 15.2 Å². The quantitative estimate of drug-likeness (QED) is 0.914. The first-order valence-corrected chi connectivity index (χ1v) is 6.31. The van der Waals surface area contributed by atoms with Crippen LogP contribution in [0.5, 0.6) is 11.5 Å². The second-order valence-electron chi connectivity index (χ2n) is 4.47. The lowest BCUT2D eigenvalue weighted by Crippen LogP contribution is -2.08. The molecule has 0 aromatic heterocycles. The van der Waals surface area contributed by atoms with E-state index in [2.05, 4.69) is 0 Å². The van der Waals surface area contributed by atoms with Crippen LogP contribution in [0.4, 0.5) is 0 Å². The molecule has 2 aromatic rings. The van der Waals surface area contributed by atoms with Gasteiger partial charge in [-0.3, -0.25) is 0 Å². The van der Waals surface area contributed by atoms with Gasteiger partial charge in [0.05, 0.1) is 7.11 Å². The molecular formula is C16H20ClNO2. The fraction of sp³-hybridized carbons (Fsp3) is 0.250. The number of ether oxygens (including phenoxy) is 2. The van der Waals surface area contributed by atoms with E-state index in [0.717, 1.165) is 22.6 Å². The molecule has 0 saturated carbocycles. The van der Waals surface area contributed by atoms with Crippen LogP contribution >= 0.6 is 12.4 Å². The molecule has 3 nitrogen and oxygen atoms in total. The molecule has 0 unspecified atom stereocenters. The Morgan fingerprint density at radius 2 is 1.80 bits per heavy atom. The summed E-state index contributed by atoms with van der Waals surface area (Å²) in [5, 5.41) is 0. The highest BCUT2D eigenvalue weighted by Gasteiger charge is 2.09. The van der Waals surface area contributed by atoms with Gasteiger partial charge in [-0.2, -0.15) is 0 Å². The summed E-state index contributed by atoms with van der Waals surface area (Å²) in [6.07, 6.45) is 0. The van der Waals surface area contributed by atoms with Gasteiger partial charge in [0.2, 0.25) is 0 Å². The molecular weight excluding hydrogens is 274 g/mol. The van der Waals surface area contributed by atoms with Crippen LogP contribution in [-0.2, 0) is 6.61 Å². The molecule has 0 aliphatic heterocycles. The molecule has 2 N–H and O–H groups in total. The van der Waals surface area contributed by atoms with Crippen LogP contribution in [0.25, 0.3) is 0 Å². The topological polar surface area (TPSA) is 44.5 Å². The van der Waals surface area contributed by atoms with Crippen molar-refractivity contribution in [1.29, 1.82) is 0 Å². The fourth-order valence-corrected chi connectivity index (χ4v) is 1.88. The summed E-state index contributed by atoms with van der Waals surface area (Å²) >= 11 is 0. The van der Waals surface area contributed by atoms with E-state index in [9.17, 15) is 0 Å². The Kier molecular flexibility index (Phi) is 6.36. The van der Waals surface area contributed by atoms with Crippen molar-refractivity contribution in [1.82, 2.24) is 0 Å². The first-order chi connectivity index (χ1) is 9.20. The van der Waals surface area contributed by atoms with Crippen molar-refractivity contribution in [3.63, 3.8) is 0 Å². The van der Waals surface area contributed by atoms with E-state index in [1.54, 1.807) is 7.11 Å². The van der Waals surface area contributed by atoms with Crippen molar-refractivity contribution in [3.8, 4) is 11.5 Å². The van der Waals surface area contributed by atoms with Crippen LogP contribution < -0.4 is 15.2 Å². The summed E-state index contributed by atoms with van der Waals surface area (Å²) in [7, 11) is 1.64. The highest BCUT2D eigenvalue weighted by molar-refractivity contribution is 5.85. The highest BCUT2D eigenvalue weighted by Crippen LogP contribution is 2.29. The Bertz CT molecular complexity index is 529. The van der Waals surface area contributed by atoms with Crippen LogP contribution in [0, 0.1) is 0 Å². The Hall–Kier alpha value is -1.71. The summed E-state index contributed by atoms with van der Waals surface area (Å²) in [6.45, 7) is 2.46. The van der Waals surface area contributed by atoms with Crippen molar-refractivity contribution in [2.24, 2.45) is 5.73 Å². The van der Waals surface area contributed by atoms with Crippen LogP contribution in [0.3, 0.4) is 0 Å². The Morgan fingerprint density at radius 3 is 2.40 bits per heavy atom. The summed E-state index contributed by atoms with van der Waals surface area (Å²) < 4.78 is 11.1. The van der Waals surface area contributed by atoms with E-state index in [4.69, 9.17) is 15.2 Å². The first kappa shape index (κ1) is 16.3. The van der Waals surface area contributed by atoms with Crippen molar-refractivity contribution in [3.05, 3.63) is 59.7 Å². The van der Waals surface area contributed by atoms with Crippen LogP contribution in [0.2, 0.25) is 0 Å². The number of benzene rings is 2. The fourth-order valence-electron chi connectivity index (χ4n) is 1.88. The summed E-state index contributed by atoms with van der Waals surface area (Å²) in [5.74, 6) is 1.55. The molecule has 0 heterocycles. The maximum atomic E-state index is 5.95. The maximum Gasteiger partial charge on any atom is 0.128 e. The first-order valence-electron chi connectivity index (χ1n) is 6.31. The molecule has 0 fully saturated rings. The molecule has 2 rings (SSSR count). The minimum Gasteiger partial charge on any atom is -0.497 e. The number of methoxy groups -OCH3 is 1. The van der Waals surface area contributed by atoms with Crippen LogP contribution in [-0.4, -0.2) is 7.11 Å². The number of rotatable bonds is 5. The molecule has 0 amide bonds. The standard InChI is InChI=1S/C16H19NO2.ClH/c1-12(17)15-9-8-14(18-2)10-16(15)19-11-13-6-4-3-5-7-13;/h3-10,12H,11,17H2,1-2H3;1H/t12-;/m1./s1. The Balaban J connectivity index is 0.00000200. The molecule has 0 aliphatic carbocycles. The Morgan fingerprint density at radius 1 is 1.10 bits per heavy atom. The van der Waals surface area contributed by atoms with E-state index in [0.29, 0.717) is 6.61 Å². The van der Waals surface area contributed by atoms with Crippen molar-refractivity contribution in [2.45, 2.75) is 19.6 Å². The average molecular weight is 294 g/mol. The molecule has 0 saturated heterocycles. The molecule has 2 aromatic carbocycles. The molecule has 4 heteroatoms. The number of halogens is 1. The summed E-state index contributed by atoms with van der Waals surface area (Å²) in [5.41, 5.74) is 8.06. The van der Waals surface area contributed by atoms with Crippen molar-refractivity contribution < 1.29 is 9.47 Å². The largest absolute Gasteiger partial charge is 0.497 e. The SMILES string of the molecule is COc1ccc([C@@H](C)N)c(OCc2ccccc2)c1.Cl. The lowest BCUT2D eigenvalue weighted by Gasteiger charge is -2.15. The minimum atomic E-state index is -0.0725. The lowest BCUT2D eigenvalue weighted by molar-refractivity contribution is 0.299. The zero-order valence-electron chi connectivity index (χ0n) is 11.7. The predicted octanol–water partition coefficient (Wildman–Crippen LogP) is 3.72. The third-order valence-electron chi connectivity index (χ3n) is 2.95. The Labute approximate surface area is 126 Å². The van der Waals surface area contributed by atoms with Gasteiger partial charge in [-0.25, -0.2) is 0 Å². The van der Waals surface area contributed by atoms with E-state index in [-0.39, 0.29) is 18.4 Å². The van der Waals surface area contributed by atoms with E-state index in [1.807, 2.05) is 55.5 Å². The second kappa shape index (κ2) is 7.78. The van der Waals surface area contributed by atoms with Crippen molar-refractivity contribution in [2.75, 3.05) is 7.11 Å². The van der Waals surface area contributed by atoms with Gasteiger partial charge in [0, 0.05) is 17.7 Å². The second-order valence-corrected chi connectivity index (χ2v) is 4.47. The van der Waals surface area contributed by atoms with E-state index >= 15 is 0 Å². The molecule has 0 bridgehead atoms. The zero-order chi connectivity index (χ0) is 13.7. The number of hydrogen-bond acceptors (Lipinski definition) is 3. The van der Waals surface area contributed by atoms with E-state index < -0.39 is 0 Å². The maximum absolute atomic E-state index is 5.95. The average Bonchev–Trinajstić information content (AvgIpc) is 2.45. The van der Waals surface area contributed by atoms with E-state index in [1.165, 1.54) is 0 Å². The third-order valence-corrected chi connectivity index (χ3v) is 2.95. The van der Waals surface area contributed by atoms with Crippen molar-refractivity contribution >= 4 is 12.4 Å². The molecule has 0 aliphatic rings.